The van der Waals surface area contributed by atoms with Crippen LogP contribution >= 0.6 is 0 Å². The van der Waals surface area contributed by atoms with E-state index in [0.29, 0.717) is 0 Å². The Morgan fingerprint density at radius 2 is 1.88 bits per heavy atom. The highest BCUT2D eigenvalue weighted by Crippen LogP contribution is 2.18. The molecule has 16 heavy (non-hydrogen) atoms. The molecule has 0 aliphatic heterocycles. The van der Waals surface area contributed by atoms with Crippen LogP contribution in [-0.2, 0) is 12.8 Å². The smallest absolute Gasteiger partial charge is 0.0276 e. The van der Waals surface area contributed by atoms with Gasteiger partial charge in [-0.2, -0.15) is 0 Å². The summed E-state index contributed by atoms with van der Waals surface area (Å²) in [6.45, 7) is 10.2. The summed E-state index contributed by atoms with van der Waals surface area (Å²) in [5.41, 5.74) is 2.92. The normalized spacial score (nSPS) is 12.7. The standard InChI is InChI=1S/C16H24/c1-4-8-14(5-2)11-12-16-10-7-9-15(6-3)13-16/h7,9-10,13-14H,1-2,4-6,8,11-12H2,3H3. The van der Waals surface area contributed by atoms with Crippen molar-refractivity contribution in [3.8, 4) is 0 Å². The largest absolute Gasteiger partial charge is 0.0617 e. The first-order chi connectivity index (χ1) is 7.80. The molecule has 0 saturated heterocycles. The van der Waals surface area contributed by atoms with Crippen molar-refractivity contribution >= 4 is 0 Å². The van der Waals surface area contributed by atoms with Crippen molar-refractivity contribution < 1.29 is 0 Å². The van der Waals surface area contributed by atoms with Gasteiger partial charge in [-0.15, -0.1) is 0 Å². The van der Waals surface area contributed by atoms with E-state index in [9.17, 15) is 0 Å². The molecule has 88 valence electrons. The lowest BCUT2D eigenvalue weighted by Crippen LogP contribution is -2.01. The summed E-state index contributed by atoms with van der Waals surface area (Å²) in [5, 5.41) is 0. The summed E-state index contributed by atoms with van der Waals surface area (Å²) in [7, 11) is 0. The average molecular weight is 216 g/mol. The number of benzene rings is 1. The van der Waals surface area contributed by atoms with Crippen molar-refractivity contribution in [3.05, 3.63) is 49.2 Å². The Labute approximate surface area is 101 Å². The van der Waals surface area contributed by atoms with Gasteiger partial charge >= 0.3 is 0 Å². The number of rotatable bonds is 7. The second kappa shape index (κ2) is 7.49. The number of hydrogen-bond donors (Lipinski definition) is 0. The van der Waals surface area contributed by atoms with Gasteiger partial charge in [0, 0.05) is 0 Å². The maximum atomic E-state index is 4.02. The summed E-state index contributed by atoms with van der Waals surface area (Å²) >= 11 is 0. The van der Waals surface area contributed by atoms with Gasteiger partial charge in [0.15, 0.2) is 0 Å². The molecule has 0 bridgehead atoms. The summed E-state index contributed by atoms with van der Waals surface area (Å²) < 4.78 is 0. The van der Waals surface area contributed by atoms with E-state index in [4.69, 9.17) is 0 Å². The lowest BCUT2D eigenvalue weighted by molar-refractivity contribution is 0.457. The molecule has 0 spiro atoms. The highest BCUT2D eigenvalue weighted by molar-refractivity contribution is 5.23. The molecule has 1 unspecified atom stereocenters. The van der Waals surface area contributed by atoms with Gasteiger partial charge in [0.2, 0.25) is 0 Å². The number of hydrogen-bond acceptors (Lipinski definition) is 0. The van der Waals surface area contributed by atoms with Gasteiger partial charge in [-0.1, -0.05) is 64.3 Å². The van der Waals surface area contributed by atoms with Crippen LogP contribution in [0.15, 0.2) is 24.3 Å². The Balaban J connectivity index is 2.46. The van der Waals surface area contributed by atoms with E-state index in [1.165, 1.54) is 30.4 Å². The van der Waals surface area contributed by atoms with E-state index >= 15 is 0 Å². The van der Waals surface area contributed by atoms with Crippen LogP contribution < -0.4 is 0 Å². The average Bonchev–Trinajstić information content (AvgIpc) is 2.34. The van der Waals surface area contributed by atoms with Crippen molar-refractivity contribution in [1.82, 2.24) is 0 Å². The zero-order chi connectivity index (χ0) is 11.8. The molecule has 1 aromatic carbocycles. The van der Waals surface area contributed by atoms with E-state index in [0.717, 1.165) is 25.2 Å². The maximum Gasteiger partial charge on any atom is -0.0276 e. The van der Waals surface area contributed by atoms with Gasteiger partial charge in [-0.25, -0.2) is 0 Å². The molecule has 1 aromatic rings. The molecule has 0 N–H and O–H groups in total. The minimum Gasteiger partial charge on any atom is -0.0617 e. The Morgan fingerprint density at radius 3 is 2.50 bits per heavy atom. The first-order valence-electron chi connectivity index (χ1n) is 6.46. The van der Waals surface area contributed by atoms with E-state index < -0.39 is 0 Å². The van der Waals surface area contributed by atoms with Gasteiger partial charge in [0.05, 0.1) is 0 Å². The summed E-state index contributed by atoms with van der Waals surface area (Å²) in [6.07, 6.45) is 6.88. The van der Waals surface area contributed by atoms with Crippen LogP contribution in [0.3, 0.4) is 0 Å². The second-order valence-corrected chi connectivity index (χ2v) is 4.51. The van der Waals surface area contributed by atoms with Gasteiger partial charge in [0.25, 0.3) is 0 Å². The molecular formula is C16H24. The SMILES string of the molecule is [CH2]CCC(C[CH2])CCc1cccc(CC)c1. The van der Waals surface area contributed by atoms with Gasteiger partial charge in [0.1, 0.15) is 0 Å². The molecule has 2 radical (unpaired) electrons. The molecule has 0 aromatic heterocycles. The first-order valence-corrected chi connectivity index (χ1v) is 6.46. The van der Waals surface area contributed by atoms with Crippen molar-refractivity contribution in [2.75, 3.05) is 0 Å². The van der Waals surface area contributed by atoms with E-state index in [1.54, 1.807) is 0 Å². The highest BCUT2D eigenvalue weighted by Gasteiger charge is 2.05. The van der Waals surface area contributed by atoms with Crippen molar-refractivity contribution in [2.24, 2.45) is 5.92 Å². The fourth-order valence-corrected chi connectivity index (χ4v) is 2.10. The lowest BCUT2D eigenvalue weighted by atomic mass is 9.93. The van der Waals surface area contributed by atoms with E-state index in [1.807, 2.05) is 0 Å². The molecule has 0 heterocycles. The molecule has 1 rings (SSSR count). The lowest BCUT2D eigenvalue weighted by Gasteiger charge is -2.13. The predicted octanol–water partition coefficient (Wildman–Crippen LogP) is 4.64. The van der Waals surface area contributed by atoms with Crippen molar-refractivity contribution in [1.29, 1.82) is 0 Å². The van der Waals surface area contributed by atoms with Crippen molar-refractivity contribution in [3.63, 3.8) is 0 Å². The number of aryl methyl sites for hydroxylation is 2. The van der Waals surface area contributed by atoms with Gasteiger partial charge < -0.3 is 0 Å². The minimum atomic E-state index is 0.753. The fraction of sp³-hybridized carbons (Fsp3) is 0.500. The third kappa shape index (κ3) is 4.38. The van der Waals surface area contributed by atoms with Crippen LogP contribution in [0.5, 0.6) is 0 Å². The Hall–Kier alpha value is -0.780. The maximum absolute atomic E-state index is 4.02. The van der Waals surface area contributed by atoms with E-state index in [2.05, 4.69) is 45.0 Å². The van der Waals surface area contributed by atoms with Crippen LogP contribution in [-0.4, -0.2) is 0 Å². The zero-order valence-corrected chi connectivity index (χ0v) is 10.5. The highest BCUT2D eigenvalue weighted by atomic mass is 14.1. The Bertz CT molecular complexity index is 288. The predicted molar refractivity (Wildman–Crippen MR) is 72.2 cm³/mol. The third-order valence-corrected chi connectivity index (χ3v) is 3.26. The molecule has 0 saturated carbocycles. The topological polar surface area (TPSA) is 0 Å². The zero-order valence-electron chi connectivity index (χ0n) is 10.5. The molecule has 0 heteroatoms. The van der Waals surface area contributed by atoms with Crippen LogP contribution in [0.25, 0.3) is 0 Å². The summed E-state index contributed by atoms with van der Waals surface area (Å²) in [5.74, 6) is 0.753. The Kier molecular flexibility index (Phi) is 6.22. The van der Waals surface area contributed by atoms with Crippen LogP contribution in [0.4, 0.5) is 0 Å². The fourth-order valence-electron chi connectivity index (χ4n) is 2.10. The quantitative estimate of drug-likeness (QED) is 0.623. The molecule has 0 aliphatic rings. The molecular weight excluding hydrogens is 192 g/mol. The summed E-state index contributed by atoms with van der Waals surface area (Å²) in [4.78, 5) is 0. The van der Waals surface area contributed by atoms with Crippen LogP contribution in [0.2, 0.25) is 0 Å². The molecule has 0 amide bonds. The van der Waals surface area contributed by atoms with Crippen molar-refractivity contribution in [2.45, 2.75) is 45.4 Å². The van der Waals surface area contributed by atoms with E-state index in [-0.39, 0.29) is 0 Å². The van der Waals surface area contributed by atoms with Gasteiger partial charge in [-0.05, 0) is 36.3 Å². The van der Waals surface area contributed by atoms with Crippen LogP contribution in [0, 0.1) is 19.8 Å². The monoisotopic (exact) mass is 216 g/mol. The molecule has 0 aliphatic carbocycles. The minimum absolute atomic E-state index is 0.753. The van der Waals surface area contributed by atoms with Gasteiger partial charge in [-0.3, -0.25) is 0 Å². The first kappa shape index (κ1) is 13.3. The molecule has 0 nitrogen and oxygen atoms in total. The molecule has 0 fully saturated rings. The Morgan fingerprint density at radius 1 is 1.12 bits per heavy atom. The summed E-state index contributed by atoms with van der Waals surface area (Å²) in [6, 6.07) is 8.96. The third-order valence-electron chi connectivity index (χ3n) is 3.26. The molecule has 1 atom stereocenters. The van der Waals surface area contributed by atoms with Crippen LogP contribution in [0.1, 0.15) is 43.7 Å². The second-order valence-electron chi connectivity index (χ2n) is 4.51.